The summed E-state index contributed by atoms with van der Waals surface area (Å²) in [6, 6.07) is 4.55. The van der Waals surface area contributed by atoms with E-state index in [1.807, 2.05) is 0 Å². The molecule has 0 saturated carbocycles. The molecule has 0 aromatic heterocycles. The van der Waals surface area contributed by atoms with E-state index >= 15 is 0 Å². The number of sulfonamides is 2. The average Bonchev–Trinajstić information content (AvgIpc) is 2.74. The van der Waals surface area contributed by atoms with Crippen molar-refractivity contribution in [3.63, 3.8) is 0 Å². The van der Waals surface area contributed by atoms with Crippen LogP contribution in [0.15, 0.2) is 23.1 Å². The summed E-state index contributed by atoms with van der Waals surface area (Å²) in [5, 5.41) is 0. The number of hydrogen-bond acceptors (Lipinski definition) is 7. The Balaban J connectivity index is 1.40. The molecule has 1 aromatic carbocycles. The summed E-state index contributed by atoms with van der Waals surface area (Å²) in [6.45, 7) is 1.90. The summed E-state index contributed by atoms with van der Waals surface area (Å²) < 4.78 is 70.5. The number of nitrogens with zero attached hydrogens (tertiary/aromatic N) is 2. The van der Waals surface area contributed by atoms with Gasteiger partial charge in [0.15, 0.2) is 11.5 Å². The Labute approximate surface area is 171 Å². The van der Waals surface area contributed by atoms with Crippen LogP contribution in [-0.4, -0.2) is 83.3 Å². The molecule has 0 radical (unpaired) electrons. The molecule has 2 fully saturated rings. The third kappa shape index (κ3) is 4.53. The summed E-state index contributed by atoms with van der Waals surface area (Å²) in [6.07, 6.45) is 2.42. The van der Waals surface area contributed by atoms with Gasteiger partial charge in [0.05, 0.1) is 16.8 Å². The van der Waals surface area contributed by atoms with Crippen LogP contribution in [0.3, 0.4) is 0 Å². The van der Waals surface area contributed by atoms with Crippen molar-refractivity contribution < 1.29 is 31.0 Å². The zero-order chi connectivity index (χ0) is 20.5. The van der Waals surface area contributed by atoms with Crippen LogP contribution in [0, 0.1) is 0 Å². The minimum Gasteiger partial charge on any atom is -0.486 e. The van der Waals surface area contributed by atoms with Crippen LogP contribution in [-0.2, 0) is 24.8 Å². The molecule has 2 saturated heterocycles. The minimum absolute atomic E-state index is 0.0398. The van der Waals surface area contributed by atoms with Crippen molar-refractivity contribution in [3.8, 4) is 11.5 Å². The normalized spacial score (nSPS) is 24.3. The lowest BCUT2D eigenvalue weighted by Crippen LogP contribution is -2.51. The molecule has 1 aromatic rings. The first kappa shape index (κ1) is 20.9. The minimum atomic E-state index is -3.74. The van der Waals surface area contributed by atoms with Gasteiger partial charge in [-0.05, 0) is 31.4 Å². The lowest BCUT2D eigenvalue weighted by molar-refractivity contribution is 0.0297. The maximum absolute atomic E-state index is 13.0. The van der Waals surface area contributed by atoms with Crippen molar-refractivity contribution in [2.75, 3.05) is 51.8 Å². The van der Waals surface area contributed by atoms with Crippen LogP contribution < -0.4 is 9.47 Å². The zero-order valence-corrected chi connectivity index (χ0v) is 17.8. The Bertz CT molecular complexity index is 935. The van der Waals surface area contributed by atoms with Gasteiger partial charge in [-0.25, -0.2) is 16.8 Å². The highest BCUT2D eigenvalue weighted by Gasteiger charge is 2.35. The molecule has 0 aliphatic carbocycles. The fourth-order valence-corrected chi connectivity index (χ4v) is 6.90. The molecule has 0 bridgehead atoms. The fraction of sp³-hybridized carbons (Fsp3) is 0.667. The molecule has 0 N–H and O–H groups in total. The van der Waals surface area contributed by atoms with E-state index in [-0.39, 0.29) is 42.9 Å². The van der Waals surface area contributed by atoms with E-state index in [9.17, 15) is 16.8 Å². The molecular weight excluding hydrogens is 420 g/mol. The second-order valence-electron chi connectivity index (χ2n) is 7.38. The first-order valence-corrected chi connectivity index (χ1v) is 12.9. The summed E-state index contributed by atoms with van der Waals surface area (Å²) in [5.74, 6) is 0.893. The second kappa shape index (κ2) is 8.38. The van der Waals surface area contributed by atoms with Gasteiger partial charge < -0.3 is 14.2 Å². The molecule has 1 atom stereocenters. The van der Waals surface area contributed by atoms with Gasteiger partial charge >= 0.3 is 0 Å². The van der Waals surface area contributed by atoms with Crippen LogP contribution >= 0.6 is 0 Å². The summed E-state index contributed by atoms with van der Waals surface area (Å²) in [4.78, 5) is 0.119. The topological polar surface area (TPSA) is 102 Å². The van der Waals surface area contributed by atoms with Gasteiger partial charge in [-0.15, -0.1) is 0 Å². The Morgan fingerprint density at radius 3 is 2.24 bits per heavy atom. The standard InChI is InChI=1S/C18H26N2O7S2/c21-28(22,14-15-3-1-2-10-25-15)19-6-8-20(9-7-19)29(23,24)16-4-5-17-18(13-16)27-12-11-26-17/h4-5,13,15H,1-3,6-12,14H2. The first-order chi connectivity index (χ1) is 13.9. The summed E-state index contributed by atoms with van der Waals surface area (Å²) in [5.41, 5.74) is 0. The Morgan fingerprint density at radius 1 is 0.862 bits per heavy atom. The van der Waals surface area contributed by atoms with Crippen LogP contribution in [0.5, 0.6) is 11.5 Å². The largest absolute Gasteiger partial charge is 0.486 e. The molecule has 3 aliphatic rings. The van der Waals surface area contributed by atoms with Gasteiger partial charge in [-0.3, -0.25) is 0 Å². The number of benzene rings is 1. The zero-order valence-electron chi connectivity index (χ0n) is 16.2. The molecule has 3 heterocycles. The highest BCUT2D eigenvalue weighted by molar-refractivity contribution is 7.89. The Kier molecular flexibility index (Phi) is 6.03. The van der Waals surface area contributed by atoms with E-state index in [0.29, 0.717) is 31.3 Å². The van der Waals surface area contributed by atoms with Gasteiger partial charge in [-0.1, -0.05) is 0 Å². The quantitative estimate of drug-likeness (QED) is 0.655. The van der Waals surface area contributed by atoms with E-state index in [4.69, 9.17) is 14.2 Å². The van der Waals surface area contributed by atoms with Crippen LogP contribution in [0.2, 0.25) is 0 Å². The van der Waals surface area contributed by atoms with Crippen molar-refractivity contribution in [1.82, 2.24) is 8.61 Å². The van der Waals surface area contributed by atoms with Crippen molar-refractivity contribution in [2.45, 2.75) is 30.3 Å². The van der Waals surface area contributed by atoms with Crippen LogP contribution in [0.25, 0.3) is 0 Å². The van der Waals surface area contributed by atoms with Gasteiger partial charge in [0.2, 0.25) is 20.0 Å². The average molecular weight is 447 g/mol. The predicted molar refractivity (Wildman–Crippen MR) is 105 cm³/mol. The molecule has 4 rings (SSSR count). The molecule has 1 unspecified atom stereocenters. The number of ether oxygens (including phenoxy) is 3. The molecule has 29 heavy (non-hydrogen) atoms. The van der Waals surface area contributed by atoms with Gasteiger partial charge in [0.25, 0.3) is 0 Å². The van der Waals surface area contributed by atoms with E-state index in [2.05, 4.69) is 0 Å². The number of hydrogen-bond donors (Lipinski definition) is 0. The maximum Gasteiger partial charge on any atom is 0.243 e. The maximum atomic E-state index is 13.0. The van der Waals surface area contributed by atoms with Crippen molar-refractivity contribution in [2.24, 2.45) is 0 Å². The fourth-order valence-electron chi connectivity index (χ4n) is 3.80. The third-order valence-corrected chi connectivity index (χ3v) is 9.25. The first-order valence-electron chi connectivity index (χ1n) is 9.85. The van der Waals surface area contributed by atoms with E-state index in [0.717, 1.165) is 19.3 Å². The molecule has 3 aliphatic heterocycles. The Morgan fingerprint density at radius 2 is 1.55 bits per heavy atom. The highest BCUT2D eigenvalue weighted by Crippen LogP contribution is 2.33. The van der Waals surface area contributed by atoms with Crippen molar-refractivity contribution >= 4 is 20.0 Å². The van der Waals surface area contributed by atoms with Crippen molar-refractivity contribution in [3.05, 3.63) is 18.2 Å². The number of piperazine rings is 1. The third-order valence-electron chi connectivity index (χ3n) is 5.41. The summed E-state index contributed by atoms with van der Waals surface area (Å²) in [7, 11) is -7.22. The van der Waals surface area contributed by atoms with Gasteiger partial charge in [0, 0.05) is 38.9 Å². The number of fused-ring (bicyclic) bond motifs is 1. The van der Waals surface area contributed by atoms with Gasteiger partial charge in [-0.2, -0.15) is 8.61 Å². The van der Waals surface area contributed by atoms with Crippen LogP contribution in [0.1, 0.15) is 19.3 Å². The lowest BCUT2D eigenvalue weighted by atomic mass is 10.1. The Hall–Kier alpha value is -1.40. The molecular formula is C18H26N2O7S2. The summed E-state index contributed by atoms with van der Waals surface area (Å²) >= 11 is 0. The smallest absolute Gasteiger partial charge is 0.243 e. The predicted octanol–water partition coefficient (Wildman–Crippen LogP) is 0.663. The molecule has 0 amide bonds. The molecule has 162 valence electrons. The van der Waals surface area contributed by atoms with Crippen molar-refractivity contribution in [1.29, 1.82) is 0 Å². The van der Waals surface area contributed by atoms with E-state index in [1.54, 1.807) is 6.07 Å². The van der Waals surface area contributed by atoms with E-state index in [1.165, 1.54) is 20.7 Å². The second-order valence-corrected chi connectivity index (χ2v) is 11.3. The number of rotatable bonds is 5. The van der Waals surface area contributed by atoms with Gasteiger partial charge in [0.1, 0.15) is 13.2 Å². The molecule has 0 spiro atoms. The monoisotopic (exact) mass is 446 g/mol. The van der Waals surface area contributed by atoms with Crippen LogP contribution in [0.4, 0.5) is 0 Å². The SMILES string of the molecule is O=S(=O)(CC1CCCCO1)N1CCN(S(=O)(=O)c2ccc3c(c2)OCCO3)CC1. The highest BCUT2D eigenvalue weighted by atomic mass is 32.2. The molecule has 9 nitrogen and oxygen atoms in total. The lowest BCUT2D eigenvalue weighted by Gasteiger charge is -2.34. The molecule has 11 heteroatoms. The van der Waals surface area contributed by atoms with E-state index < -0.39 is 20.0 Å².